The summed E-state index contributed by atoms with van der Waals surface area (Å²) in [5.74, 6) is 0.0740. The van der Waals surface area contributed by atoms with Crippen LogP contribution in [0.3, 0.4) is 0 Å². The topological polar surface area (TPSA) is 45.0 Å². The lowest BCUT2D eigenvalue weighted by Gasteiger charge is -1.99. The molecule has 0 atom stereocenters. The fraction of sp³-hybridized carbons (Fsp3) is 0. The average molecular weight is 148 g/mol. The standard InChI is InChI=1S/C8H8N2O/c1-9-6-4-3-5-7(11)8(6)10-2/h3-5,11H,1-2H2. The molecule has 1 aromatic rings. The van der Waals surface area contributed by atoms with Gasteiger partial charge in [0.1, 0.15) is 11.4 Å². The number of rotatable bonds is 2. The molecule has 0 aliphatic heterocycles. The molecule has 0 heterocycles. The van der Waals surface area contributed by atoms with Crippen LogP contribution < -0.4 is 0 Å². The highest BCUT2D eigenvalue weighted by Crippen LogP contribution is 2.35. The first-order valence-corrected chi connectivity index (χ1v) is 3.05. The molecule has 0 saturated carbocycles. The Balaban J connectivity index is 3.35. The number of hydrogen-bond acceptors (Lipinski definition) is 3. The summed E-state index contributed by atoms with van der Waals surface area (Å²) in [5.41, 5.74) is 0.919. The maximum absolute atomic E-state index is 9.20. The Hall–Kier alpha value is -1.64. The molecule has 11 heavy (non-hydrogen) atoms. The minimum Gasteiger partial charge on any atom is -0.506 e. The van der Waals surface area contributed by atoms with Gasteiger partial charge in [0.2, 0.25) is 0 Å². The van der Waals surface area contributed by atoms with Crippen molar-refractivity contribution in [3.8, 4) is 5.75 Å². The van der Waals surface area contributed by atoms with Gasteiger partial charge in [-0.2, -0.15) is 0 Å². The first-order valence-electron chi connectivity index (χ1n) is 3.05. The van der Waals surface area contributed by atoms with Gasteiger partial charge in [-0.3, -0.25) is 9.98 Å². The van der Waals surface area contributed by atoms with Crippen LogP contribution in [-0.2, 0) is 0 Å². The molecule has 0 fully saturated rings. The zero-order chi connectivity index (χ0) is 8.27. The summed E-state index contributed by atoms with van der Waals surface area (Å²) in [6.07, 6.45) is 0. The third kappa shape index (κ3) is 1.26. The Bertz CT molecular complexity index is 294. The van der Waals surface area contributed by atoms with E-state index in [1.807, 2.05) is 0 Å². The molecule has 1 aromatic carbocycles. The molecular weight excluding hydrogens is 140 g/mol. The summed E-state index contributed by atoms with van der Waals surface area (Å²) in [5, 5.41) is 9.20. The van der Waals surface area contributed by atoms with E-state index in [1.54, 1.807) is 12.1 Å². The van der Waals surface area contributed by atoms with E-state index in [0.29, 0.717) is 11.4 Å². The van der Waals surface area contributed by atoms with Crippen molar-refractivity contribution in [1.29, 1.82) is 0 Å². The largest absolute Gasteiger partial charge is 0.506 e. The number of aliphatic imine (C=N–C) groups is 2. The molecule has 0 aliphatic rings. The molecule has 1 rings (SSSR count). The second-order valence-electron chi connectivity index (χ2n) is 1.96. The predicted octanol–water partition coefficient (Wildman–Crippen LogP) is 2.06. The van der Waals surface area contributed by atoms with Gasteiger partial charge < -0.3 is 5.11 Å². The van der Waals surface area contributed by atoms with E-state index in [1.165, 1.54) is 6.07 Å². The number of aromatic hydroxyl groups is 1. The first kappa shape index (κ1) is 7.47. The number of benzene rings is 1. The van der Waals surface area contributed by atoms with Crippen LogP contribution in [0.2, 0.25) is 0 Å². The molecule has 56 valence electrons. The quantitative estimate of drug-likeness (QED) is 0.641. The number of nitrogens with zero attached hydrogens (tertiary/aromatic N) is 2. The third-order valence-electron chi connectivity index (χ3n) is 1.32. The molecule has 0 bridgehead atoms. The Morgan fingerprint density at radius 3 is 2.36 bits per heavy atom. The molecule has 1 N–H and O–H groups in total. The van der Waals surface area contributed by atoms with Crippen LogP contribution in [0.15, 0.2) is 28.2 Å². The molecule has 0 aromatic heterocycles. The van der Waals surface area contributed by atoms with Crippen LogP contribution in [0.25, 0.3) is 0 Å². The summed E-state index contributed by atoms with van der Waals surface area (Å²) < 4.78 is 0. The summed E-state index contributed by atoms with van der Waals surface area (Å²) in [4.78, 5) is 7.27. The number of phenolic OH excluding ortho intramolecular Hbond substituents is 1. The lowest BCUT2D eigenvalue weighted by Crippen LogP contribution is -1.68. The van der Waals surface area contributed by atoms with Gasteiger partial charge in [0.05, 0.1) is 5.69 Å². The van der Waals surface area contributed by atoms with Crippen LogP contribution >= 0.6 is 0 Å². The molecule has 0 spiro atoms. The fourth-order valence-electron chi connectivity index (χ4n) is 0.809. The number of hydrogen-bond donors (Lipinski definition) is 1. The van der Waals surface area contributed by atoms with Gasteiger partial charge in [-0.1, -0.05) is 6.07 Å². The van der Waals surface area contributed by atoms with Gasteiger partial charge in [0.25, 0.3) is 0 Å². The van der Waals surface area contributed by atoms with E-state index in [-0.39, 0.29) is 5.75 Å². The maximum Gasteiger partial charge on any atom is 0.143 e. The molecule has 0 radical (unpaired) electrons. The van der Waals surface area contributed by atoms with Crippen molar-refractivity contribution in [1.82, 2.24) is 0 Å². The van der Waals surface area contributed by atoms with Crippen LogP contribution in [0.1, 0.15) is 0 Å². The van der Waals surface area contributed by atoms with Crippen molar-refractivity contribution in [3.63, 3.8) is 0 Å². The van der Waals surface area contributed by atoms with Gasteiger partial charge in [-0.15, -0.1) is 0 Å². The lowest BCUT2D eigenvalue weighted by atomic mass is 10.2. The molecule has 0 saturated heterocycles. The van der Waals surface area contributed by atoms with Crippen molar-refractivity contribution in [2.24, 2.45) is 9.98 Å². The minimum atomic E-state index is 0.0740. The Morgan fingerprint density at radius 2 is 1.91 bits per heavy atom. The van der Waals surface area contributed by atoms with Crippen LogP contribution in [0.4, 0.5) is 11.4 Å². The van der Waals surface area contributed by atoms with E-state index in [9.17, 15) is 5.11 Å². The molecule has 0 amide bonds. The van der Waals surface area contributed by atoms with Crippen molar-refractivity contribution in [3.05, 3.63) is 18.2 Å². The molecule has 3 nitrogen and oxygen atoms in total. The zero-order valence-corrected chi connectivity index (χ0v) is 5.99. The van der Waals surface area contributed by atoms with Crippen molar-refractivity contribution >= 4 is 24.8 Å². The fourth-order valence-corrected chi connectivity index (χ4v) is 0.809. The SMILES string of the molecule is C=Nc1cccc(O)c1N=C. The van der Waals surface area contributed by atoms with Crippen molar-refractivity contribution in [2.45, 2.75) is 0 Å². The third-order valence-corrected chi connectivity index (χ3v) is 1.32. The summed E-state index contributed by atoms with van der Waals surface area (Å²) in [6.45, 7) is 6.63. The van der Waals surface area contributed by atoms with Gasteiger partial charge in [0, 0.05) is 0 Å². The van der Waals surface area contributed by atoms with E-state index in [2.05, 4.69) is 23.4 Å². The van der Waals surface area contributed by atoms with Crippen LogP contribution in [0.5, 0.6) is 5.75 Å². The summed E-state index contributed by atoms with van der Waals surface area (Å²) in [7, 11) is 0. The van der Waals surface area contributed by atoms with Gasteiger partial charge in [-0.25, -0.2) is 0 Å². The molecule has 3 heteroatoms. The van der Waals surface area contributed by atoms with Gasteiger partial charge >= 0.3 is 0 Å². The Kier molecular flexibility index (Phi) is 2.01. The van der Waals surface area contributed by atoms with Crippen LogP contribution in [-0.4, -0.2) is 18.5 Å². The zero-order valence-electron chi connectivity index (χ0n) is 5.99. The highest BCUT2D eigenvalue weighted by atomic mass is 16.3. The van der Waals surface area contributed by atoms with Crippen molar-refractivity contribution in [2.75, 3.05) is 0 Å². The predicted molar refractivity (Wildman–Crippen MR) is 46.5 cm³/mol. The molecule has 0 aliphatic carbocycles. The Labute approximate surface area is 64.7 Å². The summed E-state index contributed by atoms with van der Waals surface area (Å²) in [6, 6.07) is 4.91. The monoisotopic (exact) mass is 148 g/mol. The van der Waals surface area contributed by atoms with Crippen molar-refractivity contribution < 1.29 is 5.11 Å². The van der Waals surface area contributed by atoms with E-state index in [0.717, 1.165) is 0 Å². The highest BCUT2D eigenvalue weighted by molar-refractivity contribution is 5.72. The molecule has 0 unspecified atom stereocenters. The summed E-state index contributed by atoms with van der Waals surface area (Å²) >= 11 is 0. The van der Waals surface area contributed by atoms with Gasteiger partial charge in [0.15, 0.2) is 0 Å². The van der Waals surface area contributed by atoms with E-state index < -0.39 is 0 Å². The smallest absolute Gasteiger partial charge is 0.143 e. The minimum absolute atomic E-state index is 0.0740. The van der Waals surface area contributed by atoms with Gasteiger partial charge in [-0.05, 0) is 25.6 Å². The van der Waals surface area contributed by atoms with E-state index in [4.69, 9.17) is 0 Å². The second kappa shape index (κ2) is 2.96. The van der Waals surface area contributed by atoms with Crippen LogP contribution in [0, 0.1) is 0 Å². The molecular formula is C8H8N2O. The average Bonchev–Trinajstić information content (AvgIpc) is 2.04. The number of phenols is 1. The number of para-hydroxylation sites is 1. The lowest BCUT2D eigenvalue weighted by molar-refractivity contribution is 0.477. The highest BCUT2D eigenvalue weighted by Gasteiger charge is 2.01. The normalized spacial score (nSPS) is 9.09. The first-order chi connectivity index (χ1) is 5.29. The Morgan fingerprint density at radius 1 is 1.18 bits per heavy atom. The maximum atomic E-state index is 9.20. The van der Waals surface area contributed by atoms with E-state index >= 15 is 0 Å². The second-order valence-corrected chi connectivity index (χ2v) is 1.96.